The van der Waals surface area contributed by atoms with E-state index in [-0.39, 0.29) is 5.91 Å². The molecule has 0 aliphatic carbocycles. The van der Waals surface area contributed by atoms with Crippen LogP contribution < -0.4 is 14.8 Å². The van der Waals surface area contributed by atoms with E-state index in [0.717, 1.165) is 5.33 Å². The Balaban J connectivity index is 2.59. The molecule has 0 aliphatic heterocycles. The minimum Gasteiger partial charge on any atom is -0.497 e. The summed E-state index contributed by atoms with van der Waals surface area (Å²) in [5.74, 6) is 0.916. The van der Waals surface area contributed by atoms with Crippen LogP contribution in [0.15, 0.2) is 18.2 Å². The first-order valence-corrected chi connectivity index (χ1v) is 6.99. The van der Waals surface area contributed by atoms with Gasteiger partial charge in [-0.3, -0.25) is 4.79 Å². The smallest absolute Gasteiger partial charge is 0.255 e. The van der Waals surface area contributed by atoms with Crippen molar-refractivity contribution in [2.45, 2.75) is 0 Å². The first-order valence-electron chi connectivity index (χ1n) is 5.87. The zero-order chi connectivity index (χ0) is 14.1. The number of methoxy groups -OCH3 is 2. The Morgan fingerprint density at radius 1 is 1.26 bits per heavy atom. The van der Waals surface area contributed by atoms with Gasteiger partial charge in [-0.1, -0.05) is 15.9 Å². The van der Waals surface area contributed by atoms with Gasteiger partial charge in [0.15, 0.2) is 0 Å². The van der Waals surface area contributed by atoms with Crippen LogP contribution in [0, 0.1) is 0 Å². The number of hydrogen-bond donors (Lipinski definition) is 1. The van der Waals surface area contributed by atoms with Gasteiger partial charge in [0.2, 0.25) is 0 Å². The van der Waals surface area contributed by atoms with Crippen LogP contribution in [-0.2, 0) is 4.74 Å². The summed E-state index contributed by atoms with van der Waals surface area (Å²) in [5.41, 5.74) is 0.447. The fourth-order valence-corrected chi connectivity index (χ4v) is 1.71. The molecule has 6 heteroatoms. The maximum Gasteiger partial charge on any atom is 0.255 e. The van der Waals surface area contributed by atoms with E-state index in [2.05, 4.69) is 21.2 Å². The molecule has 1 rings (SSSR count). The van der Waals surface area contributed by atoms with Gasteiger partial charge in [0.25, 0.3) is 5.91 Å². The molecule has 1 N–H and O–H groups in total. The lowest BCUT2D eigenvalue weighted by Crippen LogP contribution is -2.27. The third-order valence-corrected chi connectivity index (χ3v) is 2.73. The van der Waals surface area contributed by atoms with Gasteiger partial charge < -0.3 is 19.5 Å². The number of rotatable bonds is 8. The molecular weight excluding hydrogens is 314 g/mol. The van der Waals surface area contributed by atoms with Gasteiger partial charge in [0.1, 0.15) is 11.5 Å². The molecule has 1 aromatic rings. The van der Waals surface area contributed by atoms with E-state index < -0.39 is 0 Å². The van der Waals surface area contributed by atoms with E-state index in [9.17, 15) is 4.79 Å². The van der Waals surface area contributed by atoms with E-state index in [1.165, 1.54) is 7.11 Å². The van der Waals surface area contributed by atoms with Gasteiger partial charge in [0.05, 0.1) is 33.0 Å². The fraction of sp³-hybridized carbons (Fsp3) is 0.462. The fourth-order valence-electron chi connectivity index (χ4n) is 1.48. The Kier molecular flexibility index (Phi) is 7.28. The molecule has 1 amide bonds. The zero-order valence-corrected chi connectivity index (χ0v) is 12.7. The number of ether oxygens (including phenoxy) is 3. The van der Waals surface area contributed by atoms with E-state index in [0.29, 0.717) is 36.8 Å². The summed E-state index contributed by atoms with van der Waals surface area (Å²) in [7, 11) is 3.08. The van der Waals surface area contributed by atoms with E-state index in [1.54, 1.807) is 25.3 Å². The van der Waals surface area contributed by atoms with Crippen molar-refractivity contribution >= 4 is 21.8 Å². The predicted molar refractivity (Wildman–Crippen MR) is 76.5 cm³/mol. The van der Waals surface area contributed by atoms with Crippen LogP contribution in [-0.4, -0.2) is 45.2 Å². The average Bonchev–Trinajstić information content (AvgIpc) is 2.46. The molecule has 0 aliphatic rings. The molecule has 0 unspecified atom stereocenters. The number of carbonyl (C=O) groups is 1. The topological polar surface area (TPSA) is 56.8 Å². The molecule has 106 valence electrons. The highest BCUT2D eigenvalue weighted by Gasteiger charge is 2.12. The molecule has 0 radical (unpaired) electrons. The molecule has 0 spiro atoms. The lowest BCUT2D eigenvalue weighted by molar-refractivity contribution is 0.0921. The molecule has 0 atom stereocenters. The van der Waals surface area contributed by atoms with Crippen molar-refractivity contribution in [1.29, 1.82) is 0 Å². The normalized spacial score (nSPS) is 10.1. The van der Waals surface area contributed by atoms with Crippen molar-refractivity contribution in [3.05, 3.63) is 23.8 Å². The Labute approximate surface area is 121 Å². The summed E-state index contributed by atoms with van der Waals surface area (Å²) in [6.45, 7) is 1.55. The first kappa shape index (κ1) is 15.8. The second kappa shape index (κ2) is 8.77. The van der Waals surface area contributed by atoms with Crippen molar-refractivity contribution in [1.82, 2.24) is 5.32 Å². The van der Waals surface area contributed by atoms with Gasteiger partial charge in [-0.15, -0.1) is 0 Å². The average molecular weight is 332 g/mol. The molecule has 0 saturated heterocycles. The van der Waals surface area contributed by atoms with Crippen molar-refractivity contribution in [3.63, 3.8) is 0 Å². The van der Waals surface area contributed by atoms with Crippen LogP contribution >= 0.6 is 15.9 Å². The predicted octanol–water partition coefficient (Wildman–Crippen LogP) is 1.85. The Morgan fingerprint density at radius 3 is 2.68 bits per heavy atom. The molecule has 0 heterocycles. The van der Waals surface area contributed by atoms with E-state index in [1.807, 2.05) is 0 Å². The molecular formula is C13H18BrNO4. The quantitative estimate of drug-likeness (QED) is 0.583. The number of halogens is 1. The summed E-state index contributed by atoms with van der Waals surface area (Å²) in [6.07, 6.45) is 0. The molecule has 0 fully saturated rings. The van der Waals surface area contributed by atoms with E-state index >= 15 is 0 Å². The standard InChI is InChI=1S/C13H18BrNO4/c1-17-10-3-4-12(18-2)11(9-10)13(16)15-6-8-19-7-5-14/h3-4,9H,5-8H2,1-2H3,(H,15,16). The first-order chi connectivity index (χ1) is 9.22. The molecule has 0 aromatic heterocycles. The second-order valence-electron chi connectivity index (χ2n) is 3.62. The number of nitrogens with one attached hydrogen (secondary N) is 1. The highest BCUT2D eigenvalue weighted by atomic mass is 79.9. The van der Waals surface area contributed by atoms with Crippen LogP contribution in [0.2, 0.25) is 0 Å². The van der Waals surface area contributed by atoms with Crippen LogP contribution in [0.4, 0.5) is 0 Å². The zero-order valence-electron chi connectivity index (χ0n) is 11.1. The third-order valence-electron chi connectivity index (χ3n) is 2.40. The van der Waals surface area contributed by atoms with Crippen molar-refractivity contribution in [2.75, 3.05) is 39.3 Å². The Bertz CT molecular complexity index is 412. The summed E-state index contributed by atoms with van der Waals surface area (Å²) in [6, 6.07) is 5.09. The molecule has 1 aromatic carbocycles. The monoisotopic (exact) mass is 331 g/mol. The summed E-state index contributed by atoms with van der Waals surface area (Å²) in [4.78, 5) is 12.0. The molecule has 0 bridgehead atoms. The van der Waals surface area contributed by atoms with Crippen molar-refractivity contribution in [2.24, 2.45) is 0 Å². The highest BCUT2D eigenvalue weighted by Crippen LogP contribution is 2.23. The van der Waals surface area contributed by atoms with Gasteiger partial charge in [-0.2, -0.15) is 0 Å². The summed E-state index contributed by atoms with van der Waals surface area (Å²) >= 11 is 3.26. The number of alkyl halides is 1. The molecule has 19 heavy (non-hydrogen) atoms. The second-order valence-corrected chi connectivity index (χ2v) is 4.42. The van der Waals surface area contributed by atoms with E-state index in [4.69, 9.17) is 14.2 Å². The minimum absolute atomic E-state index is 0.210. The highest BCUT2D eigenvalue weighted by molar-refractivity contribution is 9.09. The maximum atomic E-state index is 12.0. The van der Waals surface area contributed by atoms with Gasteiger partial charge in [0, 0.05) is 11.9 Å². The lowest BCUT2D eigenvalue weighted by Gasteiger charge is -2.11. The molecule has 5 nitrogen and oxygen atoms in total. The Hall–Kier alpha value is -1.27. The lowest BCUT2D eigenvalue weighted by atomic mass is 10.1. The van der Waals surface area contributed by atoms with Gasteiger partial charge >= 0.3 is 0 Å². The SMILES string of the molecule is COc1ccc(OC)c(C(=O)NCCOCCBr)c1. The largest absolute Gasteiger partial charge is 0.497 e. The summed E-state index contributed by atoms with van der Waals surface area (Å²) < 4.78 is 15.5. The van der Waals surface area contributed by atoms with Crippen molar-refractivity contribution < 1.29 is 19.0 Å². The van der Waals surface area contributed by atoms with Gasteiger partial charge in [-0.05, 0) is 18.2 Å². The number of amides is 1. The minimum atomic E-state index is -0.210. The Morgan fingerprint density at radius 2 is 2.05 bits per heavy atom. The number of hydrogen-bond acceptors (Lipinski definition) is 4. The van der Waals surface area contributed by atoms with Crippen LogP contribution in [0.1, 0.15) is 10.4 Å². The van der Waals surface area contributed by atoms with Crippen LogP contribution in [0.5, 0.6) is 11.5 Å². The van der Waals surface area contributed by atoms with Crippen LogP contribution in [0.3, 0.4) is 0 Å². The third kappa shape index (κ3) is 5.08. The van der Waals surface area contributed by atoms with Crippen molar-refractivity contribution in [3.8, 4) is 11.5 Å². The van der Waals surface area contributed by atoms with Crippen LogP contribution in [0.25, 0.3) is 0 Å². The number of benzene rings is 1. The molecule has 0 saturated carbocycles. The number of carbonyl (C=O) groups excluding carboxylic acids is 1. The van der Waals surface area contributed by atoms with Gasteiger partial charge in [-0.25, -0.2) is 0 Å². The summed E-state index contributed by atoms with van der Waals surface area (Å²) in [5, 5.41) is 3.55. The maximum absolute atomic E-state index is 12.0.